The summed E-state index contributed by atoms with van der Waals surface area (Å²) < 4.78 is 5.47. The fourth-order valence-electron chi connectivity index (χ4n) is 2.42. The lowest BCUT2D eigenvalue weighted by Crippen LogP contribution is -2.53. The van der Waals surface area contributed by atoms with Crippen LogP contribution in [0.5, 0.6) is 0 Å². The van der Waals surface area contributed by atoms with Crippen molar-refractivity contribution in [3.05, 3.63) is 28.8 Å². The van der Waals surface area contributed by atoms with E-state index in [0.29, 0.717) is 41.9 Å². The summed E-state index contributed by atoms with van der Waals surface area (Å²) in [6, 6.07) is 4.45. The number of hydrogen-bond donors (Lipinski definition) is 3. The van der Waals surface area contributed by atoms with Gasteiger partial charge in [0.25, 0.3) is 5.91 Å². The van der Waals surface area contributed by atoms with Gasteiger partial charge in [-0.25, -0.2) is 0 Å². The highest BCUT2D eigenvalue weighted by molar-refractivity contribution is 6.34. The molecule has 2 amide bonds. The Morgan fingerprint density at radius 2 is 2.12 bits per heavy atom. The van der Waals surface area contributed by atoms with E-state index >= 15 is 0 Å². The van der Waals surface area contributed by atoms with Gasteiger partial charge in [0, 0.05) is 18.8 Å². The third kappa shape index (κ3) is 6.15. The molecule has 1 fully saturated rings. The fourth-order valence-corrected chi connectivity index (χ4v) is 2.68. The number of morpholine rings is 1. The molecule has 8 heteroatoms. The van der Waals surface area contributed by atoms with Crippen molar-refractivity contribution in [2.24, 2.45) is 5.92 Å². The van der Waals surface area contributed by atoms with Crippen LogP contribution >= 0.6 is 24.0 Å². The Labute approximate surface area is 159 Å². The van der Waals surface area contributed by atoms with E-state index in [-0.39, 0.29) is 30.3 Å². The lowest BCUT2D eigenvalue weighted by Gasteiger charge is -2.29. The quantitative estimate of drug-likeness (QED) is 0.722. The predicted molar refractivity (Wildman–Crippen MR) is 102 cm³/mol. The van der Waals surface area contributed by atoms with E-state index in [1.807, 2.05) is 20.8 Å². The number of benzene rings is 1. The summed E-state index contributed by atoms with van der Waals surface area (Å²) in [6.45, 7) is 7.70. The van der Waals surface area contributed by atoms with Gasteiger partial charge >= 0.3 is 0 Å². The zero-order chi connectivity index (χ0) is 17.7. The summed E-state index contributed by atoms with van der Waals surface area (Å²) in [7, 11) is 0. The van der Waals surface area contributed by atoms with Crippen LogP contribution in [0.15, 0.2) is 18.2 Å². The molecule has 0 spiro atoms. The van der Waals surface area contributed by atoms with Crippen molar-refractivity contribution in [2.75, 3.05) is 25.0 Å². The molecule has 0 saturated carbocycles. The zero-order valence-electron chi connectivity index (χ0n) is 14.6. The lowest BCUT2D eigenvalue weighted by molar-refractivity contribution is -0.123. The van der Waals surface area contributed by atoms with Gasteiger partial charge in [-0.15, -0.1) is 12.4 Å². The first-order chi connectivity index (χ1) is 11.4. The third-order valence-corrected chi connectivity index (χ3v) is 4.06. The van der Waals surface area contributed by atoms with Gasteiger partial charge in [0.1, 0.15) is 6.04 Å². The number of anilines is 1. The van der Waals surface area contributed by atoms with Crippen LogP contribution in [-0.2, 0) is 9.53 Å². The Hall–Kier alpha value is -1.34. The largest absolute Gasteiger partial charge is 0.375 e. The van der Waals surface area contributed by atoms with Crippen LogP contribution in [0.3, 0.4) is 0 Å². The van der Waals surface area contributed by atoms with E-state index < -0.39 is 6.04 Å². The molecule has 3 N–H and O–H groups in total. The summed E-state index contributed by atoms with van der Waals surface area (Å²) in [5, 5.41) is 9.05. The highest BCUT2D eigenvalue weighted by Gasteiger charge is 2.28. The second-order valence-electron chi connectivity index (χ2n) is 6.30. The van der Waals surface area contributed by atoms with E-state index in [9.17, 15) is 9.59 Å². The molecule has 0 bridgehead atoms. The van der Waals surface area contributed by atoms with Gasteiger partial charge in [0.15, 0.2) is 0 Å². The van der Waals surface area contributed by atoms with Crippen LogP contribution in [-0.4, -0.2) is 43.7 Å². The molecule has 0 unspecified atom stereocenters. The van der Waals surface area contributed by atoms with Crippen LogP contribution in [0.4, 0.5) is 5.69 Å². The molecule has 1 aliphatic heterocycles. The average molecular weight is 390 g/mol. The molecular weight excluding hydrogens is 365 g/mol. The molecule has 25 heavy (non-hydrogen) atoms. The molecular formula is C17H25Cl2N3O3. The Morgan fingerprint density at radius 1 is 1.40 bits per heavy atom. The van der Waals surface area contributed by atoms with E-state index in [1.54, 1.807) is 18.2 Å². The van der Waals surface area contributed by atoms with Gasteiger partial charge in [-0.2, -0.15) is 0 Å². The molecule has 1 saturated heterocycles. The smallest absolute Gasteiger partial charge is 0.252 e. The van der Waals surface area contributed by atoms with Crippen molar-refractivity contribution in [3.63, 3.8) is 0 Å². The third-order valence-electron chi connectivity index (χ3n) is 3.75. The van der Waals surface area contributed by atoms with E-state index in [2.05, 4.69) is 16.0 Å². The summed E-state index contributed by atoms with van der Waals surface area (Å²) in [5.41, 5.74) is 0.938. The maximum atomic E-state index is 12.3. The molecule has 2 atom stereocenters. The molecule has 1 heterocycles. The topological polar surface area (TPSA) is 79.5 Å². The molecule has 140 valence electrons. The number of carbonyl (C=O) groups is 2. The summed E-state index contributed by atoms with van der Waals surface area (Å²) in [4.78, 5) is 24.4. The normalized spacial score (nSPS) is 19.9. The zero-order valence-corrected chi connectivity index (χ0v) is 16.2. The Morgan fingerprint density at radius 3 is 2.72 bits per heavy atom. The first-order valence-electron chi connectivity index (χ1n) is 8.12. The Bertz CT molecular complexity index is 611. The van der Waals surface area contributed by atoms with E-state index in [4.69, 9.17) is 16.3 Å². The first-order valence-corrected chi connectivity index (χ1v) is 8.50. The maximum Gasteiger partial charge on any atom is 0.252 e. The van der Waals surface area contributed by atoms with Gasteiger partial charge in [-0.05, 0) is 31.0 Å². The van der Waals surface area contributed by atoms with Crippen LogP contribution in [0.1, 0.15) is 31.1 Å². The van der Waals surface area contributed by atoms with E-state index in [0.717, 1.165) is 0 Å². The molecule has 2 rings (SSSR count). The molecule has 6 nitrogen and oxygen atoms in total. The van der Waals surface area contributed by atoms with Crippen molar-refractivity contribution < 1.29 is 14.3 Å². The minimum absolute atomic E-state index is 0. The molecule has 1 aliphatic rings. The Kier molecular flexibility index (Phi) is 8.65. The number of hydrogen-bond acceptors (Lipinski definition) is 4. The molecule has 0 radical (unpaired) electrons. The van der Waals surface area contributed by atoms with Crippen molar-refractivity contribution in [2.45, 2.75) is 32.9 Å². The lowest BCUT2D eigenvalue weighted by atomic mass is 10.1. The molecule has 0 aromatic heterocycles. The number of ether oxygens (including phenoxy) is 1. The van der Waals surface area contributed by atoms with E-state index in [1.165, 1.54) is 0 Å². The van der Waals surface area contributed by atoms with Crippen LogP contribution < -0.4 is 16.0 Å². The molecule has 1 aromatic rings. The number of rotatable bonds is 5. The van der Waals surface area contributed by atoms with Crippen LogP contribution in [0.2, 0.25) is 5.02 Å². The minimum atomic E-state index is -0.411. The van der Waals surface area contributed by atoms with Crippen LogP contribution in [0, 0.1) is 5.92 Å². The van der Waals surface area contributed by atoms with Crippen molar-refractivity contribution in [1.29, 1.82) is 0 Å². The second-order valence-corrected chi connectivity index (χ2v) is 6.70. The van der Waals surface area contributed by atoms with Crippen molar-refractivity contribution in [3.8, 4) is 0 Å². The number of nitrogens with one attached hydrogen (secondary N) is 3. The minimum Gasteiger partial charge on any atom is -0.375 e. The number of amides is 2. The van der Waals surface area contributed by atoms with Crippen LogP contribution in [0.25, 0.3) is 0 Å². The van der Waals surface area contributed by atoms with Gasteiger partial charge < -0.3 is 20.7 Å². The average Bonchev–Trinajstić information content (AvgIpc) is 2.53. The highest BCUT2D eigenvalue weighted by Crippen LogP contribution is 2.21. The SMILES string of the molecule is CC(C)CNC(=O)c1ccc(NC(=O)[C@H]2NCCO[C@@H]2C)cc1Cl.Cl. The van der Waals surface area contributed by atoms with Gasteiger partial charge in [-0.1, -0.05) is 25.4 Å². The molecule has 1 aromatic carbocycles. The molecule has 0 aliphatic carbocycles. The second kappa shape index (κ2) is 9.97. The summed E-state index contributed by atoms with van der Waals surface area (Å²) in [5.74, 6) is -0.0451. The number of halogens is 2. The van der Waals surface area contributed by atoms with Crippen molar-refractivity contribution >= 4 is 41.5 Å². The predicted octanol–water partition coefficient (Wildman–Crippen LogP) is 2.46. The van der Waals surface area contributed by atoms with Gasteiger partial charge in [0.2, 0.25) is 5.91 Å². The fraction of sp³-hybridized carbons (Fsp3) is 0.529. The summed E-state index contributed by atoms with van der Waals surface area (Å²) >= 11 is 6.19. The number of carbonyl (C=O) groups excluding carboxylic acids is 2. The standard InChI is InChI=1S/C17H24ClN3O3.ClH/c1-10(2)9-20-16(22)13-5-4-12(8-14(13)18)21-17(23)15-11(3)24-7-6-19-15;/h4-5,8,10-11,15,19H,6-7,9H2,1-3H3,(H,20,22)(H,21,23);1H/t11-,15+;/m1./s1. The van der Waals surface area contributed by atoms with Crippen molar-refractivity contribution in [1.82, 2.24) is 10.6 Å². The monoisotopic (exact) mass is 389 g/mol. The Balaban J connectivity index is 0.00000312. The highest BCUT2D eigenvalue weighted by atomic mass is 35.5. The maximum absolute atomic E-state index is 12.3. The summed E-state index contributed by atoms with van der Waals surface area (Å²) in [6.07, 6.45) is -0.199. The van der Waals surface area contributed by atoms with Gasteiger partial charge in [0.05, 0.1) is 23.3 Å². The van der Waals surface area contributed by atoms with Gasteiger partial charge in [-0.3, -0.25) is 9.59 Å². The first kappa shape index (κ1) is 21.7.